The summed E-state index contributed by atoms with van der Waals surface area (Å²) < 4.78 is 63.5. The van der Waals surface area contributed by atoms with Gasteiger partial charge in [-0.3, -0.25) is 9.59 Å². The molecule has 10 heteroatoms. The third-order valence-corrected chi connectivity index (χ3v) is 9.79. The molecule has 5 aromatic carbocycles. The lowest BCUT2D eigenvalue weighted by molar-refractivity contribution is 0.221. The van der Waals surface area contributed by atoms with E-state index in [1.54, 1.807) is 42.5 Å². The van der Waals surface area contributed by atoms with Gasteiger partial charge in [-0.25, -0.2) is 8.42 Å². The molecule has 2 N–H and O–H groups in total. The molecule has 0 aromatic heterocycles. The monoisotopic (exact) mass is 614 g/mol. The van der Waals surface area contributed by atoms with Crippen molar-refractivity contribution in [2.45, 2.75) is 23.3 Å². The lowest BCUT2D eigenvalue weighted by Gasteiger charge is -2.16. The van der Waals surface area contributed by atoms with Crippen LogP contribution >= 0.6 is 0 Å². The number of hydrogen-bond acceptors (Lipinski definition) is 8. The van der Waals surface area contributed by atoms with Gasteiger partial charge in [-0.15, -0.1) is 0 Å². The molecule has 0 unspecified atom stereocenters. The van der Waals surface area contributed by atoms with E-state index in [9.17, 15) is 16.8 Å². The van der Waals surface area contributed by atoms with E-state index in [0.29, 0.717) is 17.6 Å². The zero-order chi connectivity index (χ0) is 30.5. The summed E-state index contributed by atoms with van der Waals surface area (Å²) >= 11 is 0. The van der Waals surface area contributed by atoms with Crippen LogP contribution in [-0.2, 0) is 30.7 Å². The van der Waals surface area contributed by atoms with Crippen molar-refractivity contribution in [3.8, 4) is 5.75 Å². The highest BCUT2D eigenvalue weighted by atomic mass is 32.2. The molecule has 0 bridgehead atoms. The third-order valence-electron chi connectivity index (χ3n) is 6.77. The van der Waals surface area contributed by atoms with E-state index in [0.717, 1.165) is 16.5 Å². The van der Waals surface area contributed by atoms with Crippen molar-refractivity contribution in [3.63, 3.8) is 0 Å². The first kappa shape index (κ1) is 30.0. The minimum absolute atomic E-state index is 0.0330. The summed E-state index contributed by atoms with van der Waals surface area (Å²) in [4.78, 5) is 0.0759. The maximum atomic E-state index is 13.8. The maximum absolute atomic E-state index is 13.8. The van der Waals surface area contributed by atoms with Crippen molar-refractivity contribution in [1.82, 2.24) is 0 Å². The summed E-state index contributed by atoms with van der Waals surface area (Å²) in [6.07, 6.45) is 0. The summed E-state index contributed by atoms with van der Waals surface area (Å²) in [6, 6.07) is 32.7. The quantitative estimate of drug-likeness (QED) is 0.0770. The molecule has 0 aliphatic rings. The Hall–Kier alpha value is -4.51. The second kappa shape index (κ2) is 12.8. The highest BCUT2D eigenvalue weighted by Crippen LogP contribution is 2.30. The number of hydrogen-bond donors (Lipinski definition) is 2. The van der Waals surface area contributed by atoms with Gasteiger partial charge in [-0.1, -0.05) is 84.4 Å². The highest BCUT2D eigenvalue weighted by Gasteiger charge is 2.27. The predicted molar refractivity (Wildman–Crippen MR) is 168 cm³/mol. The van der Waals surface area contributed by atoms with E-state index in [2.05, 4.69) is 5.32 Å². The molecule has 0 fully saturated rings. The summed E-state index contributed by atoms with van der Waals surface area (Å²) in [6.45, 7) is 1.88. The zero-order valence-corrected chi connectivity index (χ0v) is 25.0. The van der Waals surface area contributed by atoms with Crippen molar-refractivity contribution in [2.24, 2.45) is 0 Å². The molecular formula is C33H30N2O6S2. The molecule has 0 saturated heterocycles. The molecule has 220 valence electrons. The highest BCUT2D eigenvalue weighted by molar-refractivity contribution is 8.07. The first-order valence-electron chi connectivity index (χ1n) is 13.5. The molecule has 0 spiro atoms. The average molecular weight is 615 g/mol. The van der Waals surface area contributed by atoms with Crippen LogP contribution in [0.4, 0.5) is 5.69 Å². The summed E-state index contributed by atoms with van der Waals surface area (Å²) in [5.41, 5.74) is 2.45. The van der Waals surface area contributed by atoms with Crippen LogP contribution in [0.3, 0.4) is 0 Å². The summed E-state index contributed by atoms with van der Waals surface area (Å²) in [5.74, 6) is 0.259. The van der Waals surface area contributed by atoms with Gasteiger partial charge in [-0.05, 0) is 54.3 Å². The van der Waals surface area contributed by atoms with Crippen molar-refractivity contribution in [2.75, 3.05) is 18.5 Å². The van der Waals surface area contributed by atoms with Crippen molar-refractivity contribution < 1.29 is 25.8 Å². The van der Waals surface area contributed by atoms with Crippen LogP contribution in [0.2, 0.25) is 0 Å². The van der Waals surface area contributed by atoms with Gasteiger partial charge in [0.25, 0.3) is 10.1 Å². The van der Waals surface area contributed by atoms with Gasteiger partial charge < -0.3 is 10.1 Å². The number of aryl methyl sites for hydroxylation is 1. The van der Waals surface area contributed by atoms with E-state index in [1.165, 1.54) is 24.3 Å². The normalized spacial score (nSPS) is 11.7. The lowest BCUT2D eigenvalue weighted by Crippen LogP contribution is -2.18. The van der Waals surface area contributed by atoms with Crippen LogP contribution in [0.15, 0.2) is 125 Å². The van der Waals surface area contributed by atoms with Crippen LogP contribution in [0.5, 0.6) is 5.75 Å². The molecule has 0 amide bonds. The summed E-state index contributed by atoms with van der Waals surface area (Å²) in [7, 11) is -8.20. The molecule has 0 radical (unpaired) electrons. The number of fused-ring (bicyclic) bond motifs is 1. The Morgan fingerprint density at radius 1 is 0.767 bits per heavy atom. The first-order valence-corrected chi connectivity index (χ1v) is 16.4. The van der Waals surface area contributed by atoms with Crippen LogP contribution in [0.1, 0.15) is 16.7 Å². The molecule has 8 nitrogen and oxygen atoms in total. The van der Waals surface area contributed by atoms with Crippen LogP contribution in [-0.4, -0.2) is 35.1 Å². The maximum Gasteiger partial charge on any atom is 0.297 e. The number of nitrogens with one attached hydrogen (secondary N) is 2. The third kappa shape index (κ3) is 6.94. The second-order valence-corrected chi connectivity index (χ2v) is 13.3. The Balaban J connectivity index is 1.39. The van der Waals surface area contributed by atoms with Crippen LogP contribution in [0, 0.1) is 12.3 Å². The van der Waals surface area contributed by atoms with Gasteiger partial charge in [0, 0.05) is 23.2 Å². The number of sulfone groups is 1. The SMILES string of the molecule is Cc1ccc(S(=O)(=O)OCCOc2ccc(NCc3ccccc3)c(C(=N)S(=O)(=O)c3cccc4ccccc34)c2)cc1. The Morgan fingerprint density at radius 2 is 1.47 bits per heavy atom. The molecule has 43 heavy (non-hydrogen) atoms. The van der Waals surface area contributed by atoms with Gasteiger partial charge in [0.1, 0.15) is 19.0 Å². The van der Waals surface area contributed by atoms with Gasteiger partial charge >= 0.3 is 0 Å². The number of rotatable bonds is 11. The Morgan fingerprint density at radius 3 is 2.23 bits per heavy atom. The smallest absolute Gasteiger partial charge is 0.297 e. The average Bonchev–Trinajstić information content (AvgIpc) is 3.02. The topological polar surface area (TPSA) is 123 Å². The largest absolute Gasteiger partial charge is 0.491 e. The molecule has 0 aliphatic carbocycles. The number of ether oxygens (including phenoxy) is 1. The van der Waals surface area contributed by atoms with E-state index >= 15 is 0 Å². The number of anilines is 1. The fraction of sp³-hybridized carbons (Fsp3) is 0.121. The second-order valence-electron chi connectivity index (χ2n) is 9.79. The molecule has 0 aliphatic heterocycles. The first-order chi connectivity index (χ1) is 20.6. The van der Waals surface area contributed by atoms with Crippen molar-refractivity contribution >= 4 is 41.5 Å². The molecular weight excluding hydrogens is 585 g/mol. The van der Waals surface area contributed by atoms with Gasteiger partial charge in [0.05, 0.1) is 9.79 Å². The fourth-order valence-electron chi connectivity index (χ4n) is 4.51. The molecule has 5 aromatic rings. The standard InChI is InChI=1S/C33H30N2O6S2/c1-24-14-17-28(18-15-24)43(38,39)41-21-20-40-27-16-19-31(35-23-25-8-3-2-4-9-25)30(22-27)33(34)42(36,37)32-13-7-11-26-10-5-6-12-29(26)32/h2-19,22,34-35H,20-21,23H2,1H3. The Bertz CT molecular complexity index is 1970. The summed E-state index contributed by atoms with van der Waals surface area (Å²) in [5, 5.41) is 12.8. The van der Waals surface area contributed by atoms with Crippen molar-refractivity contribution in [1.29, 1.82) is 5.41 Å². The predicted octanol–water partition coefficient (Wildman–Crippen LogP) is 6.34. The molecule has 0 saturated carbocycles. The van der Waals surface area contributed by atoms with Gasteiger partial charge in [0.15, 0.2) is 5.04 Å². The van der Waals surface area contributed by atoms with Crippen LogP contribution in [0.25, 0.3) is 10.8 Å². The minimum atomic E-state index is -4.24. The van der Waals surface area contributed by atoms with Gasteiger partial charge in [0.2, 0.25) is 9.84 Å². The molecule has 0 atom stereocenters. The van der Waals surface area contributed by atoms with E-state index in [-0.39, 0.29) is 34.3 Å². The Kier molecular flexibility index (Phi) is 8.91. The Labute approximate surface area is 251 Å². The molecule has 0 heterocycles. The van der Waals surface area contributed by atoms with E-state index < -0.39 is 25.0 Å². The fourth-order valence-corrected chi connectivity index (χ4v) is 6.81. The zero-order valence-electron chi connectivity index (χ0n) is 23.4. The van der Waals surface area contributed by atoms with Crippen LogP contribution < -0.4 is 10.1 Å². The van der Waals surface area contributed by atoms with Crippen molar-refractivity contribution in [3.05, 3.63) is 132 Å². The molecule has 5 rings (SSSR count). The van der Waals surface area contributed by atoms with E-state index in [4.69, 9.17) is 14.3 Å². The lowest BCUT2D eigenvalue weighted by atomic mass is 10.1. The van der Waals surface area contributed by atoms with Gasteiger partial charge in [-0.2, -0.15) is 8.42 Å². The van der Waals surface area contributed by atoms with E-state index in [1.807, 2.05) is 55.5 Å². The minimum Gasteiger partial charge on any atom is -0.491 e. The number of benzene rings is 5.